The molecule has 1 N–H and O–H groups in total. The van der Waals surface area contributed by atoms with Gasteiger partial charge in [-0.05, 0) is 12.8 Å². The molecule has 0 bridgehead atoms. The predicted octanol–water partition coefficient (Wildman–Crippen LogP) is -1.01. The van der Waals surface area contributed by atoms with Crippen LogP contribution >= 0.6 is 0 Å². The highest BCUT2D eigenvalue weighted by Gasteiger charge is 2.10. The molecule has 2 nitrogen and oxygen atoms in total. The predicted molar refractivity (Wildman–Crippen MR) is 52.8 cm³/mol. The smallest absolute Gasteiger partial charge is 0.179 e. The van der Waals surface area contributed by atoms with E-state index in [1.54, 1.807) is 0 Å². The Balaban J connectivity index is 0. The molecule has 0 aliphatic carbocycles. The van der Waals surface area contributed by atoms with Gasteiger partial charge in [-0.1, -0.05) is 26.2 Å². The quantitative estimate of drug-likeness (QED) is 0.324. The number of nitrogens with zero attached hydrogens (tertiary/aromatic N) is 1. The van der Waals surface area contributed by atoms with Crippen LogP contribution in [0.25, 0.3) is 0 Å². The summed E-state index contributed by atoms with van der Waals surface area (Å²) in [6.45, 7) is 3.59. The number of hydrogen-bond donors (Lipinski definition) is 1. The molecule has 82 valence electrons. The molecule has 0 amide bonds. The lowest BCUT2D eigenvalue weighted by Crippen LogP contribution is -3.00. The zero-order valence-electron chi connectivity index (χ0n) is 9.22. The van der Waals surface area contributed by atoms with Gasteiger partial charge >= 0.3 is 0 Å². The van der Waals surface area contributed by atoms with E-state index in [0.717, 1.165) is 11.0 Å². The molecule has 0 atom stereocenters. The number of quaternary nitrogens is 1. The normalized spacial score (nSPS) is 11.1. The number of halogens is 1. The van der Waals surface area contributed by atoms with Gasteiger partial charge in [-0.2, -0.15) is 0 Å². The lowest BCUT2D eigenvalue weighted by atomic mass is 10.1. The SMILES string of the molecule is CCCCCCC[N+](C)(C)CO.[Cl-]. The summed E-state index contributed by atoms with van der Waals surface area (Å²) >= 11 is 0. The summed E-state index contributed by atoms with van der Waals surface area (Å²) in [6, 6.07) is 0. The molecule has 0 aromatic heterocycles. The summed E-state index contributed by atoms with van der Waals surface area (Å²) in [5.41, 5.74) is 0. The van der Waals surface area contributed by atoms with E-state index in [1.807, 2.05) is 0 Å². The lowest BCUT2D eigenvalue weighted by molar-refractivity contribution is -0.909. The van der Waals surface area contributed by atoms with Crippen LogP contribution in [0, 0.1) is 0 Å². The van der Waals surface area contributed by atoms with Crippen molar-refractivity contribution in [2.45, 2.75) is 39.0 Å². The molecule has 0 saturated heterocycles. The van der Waals surface area contributed by atoms with E-state index in [0.29, 0.717) is 0 Å². The van der Waals surface area contributed by atoms with Gasteiger partial charge in [0.15, 0.2) is 6.73 Å². The fourth-order valence-corrected chi connectivity index (χ4v) is 1.21. The van der Waals surface area contributed by atoms with Crippen molar-refractivity contribution in [3.63, 3.8) is 0 Å². The highest BCUT2D eigenvalue weighted by molar-refractivity contribution is 4.41. The molecule has 0 saturated carbocycles. The van der Waals surface area contributed by atoms with Crippen LogP contribution in [0.5, 0.6) is 0 Å². The lowest BCUT2D eigenvalue weighted by Gasteiger charge is -2.26. The van der Waals surface area contributed by atoms with E-state index in [4.69, 9.17) is 5.11 Å². The van der Waals surface area contributed by atoms with Gasteiger partial charge in [-0.15, -0.1) is 0 Å². The highest BCUT2D eigenvalue weighted by atomic mass is 35.5. The number of hydrogen-bond acceptors (Lipinski definition) is 1. The topological polar surface area (TPSA) is 20.2 Å². The van der Waals surface area contributed by atoms with Crippen molar-refractivity contribution < 1.29 is 22.0 Å². The third kappa shape index (κ3) is 10.1. The summed E-state index contributed by atoms with van der Waals surface area (Å²) in [5, 5.41) is 8.97. The van der Waals surface area contributed by atoms with Crippen LogP contribution in [0.3, 0.4) is 0 Å². The van der Waals surface area contributed by atoms with Gasteiger partial charge in [0.1, 0.15) is 0 Å². The van der Waals surface area contributed by atoms with Gasteiger partial charge < -0.3 is 22.0 Å². The Morgan fingerprint density at radius 3 is 2.00 bits per heavy atom. The van der Waals surface area contributed by atoms with Crippen molar-refractivity contribution in [1.82, 2.24) is 0 Å². The molecule has 0 heterocycles. The Labute approximate surface area is 88.9 Å². The van der Waals surface area contributed by atoms with Gasteiger partial charge in [0.25, 0.3) is 0 Å². The van der Waals surface area contributed by atoms with Gasteiger partial charge in [0.2, 0.25) is 0 Å². The van der Waals surface area contributed by atoms with Gasteiger partial charge in [-0.3, -0.25) is 0 Å². The molecular formula is C10H24ClNO. The molecule has 0 aliphatic heterocycles. The van der Waals surface area contributed by atoms with E-state index in [2.05, 4.69) is 21.0 Å². The van der Waals surface area contributed by atoms with Gasteiger partial charge in [-0.25, -0.2) is 0 Å². The molecule has 0 aromatic rings. The Morgan fingerprint density at radius 2 is 1.54 bits per heavy atom. The molecule has 3 heteroatoms. The monoisotopic (exact) mass is 209 g/mol. The van der Waals surface area contributed by atoms with Crippen molar-refractivity contribution >= 4 is 0 Å². The van der Waals surface area contributed by atoms with Crippen LogP contribution in [-0.4, -0.2) is 37.0 Å². The van der Waals surface area contributed by atoms with E-state index in [1.165, 1.54) is 32.1 Å². The highest BCUT2D eigenvalue weighted by Crippen LogP contribution is 2.05. The minimum atomic E-state index is 0. The third-order valence-electron chi connectivity index (χ3n) is 2.25. The van der Waals surface area contributed by atoms with E-state index < -0.39 is 0 Å². The average Bonchev–Trinajstić information content (AvgIpc) is 2.04. The van der Waals surface area contributed by atoms with Crippen LogP contribution in [-0.2, 0) is 0 Å². The van der Waals surface area contributed by atoms with Crippen LogP contribution in [0.15, 0.2) is 0 Å². The number of aliphatic hydroxyl groups excluding tert-OH is 1. The van der Waals surface area contributed by atoms with Crippen molar-refractivity contribution in [1.29, 1.82) is 0 Å². The zero-order valence-corrected chi connectivity index (χ0v) is 9.98. The second-order valence-corrected chi connectivity index (χ2v) is 4.21. The Kier molecular flexibility index (Phi) is 10.6. The van der Waals surface area contributed by atoms with Crippen LogP contribution in [0.2, 0.25) is 0 Å². The molecule has 0 spiro atoms. The summed E-state index contributed by atoms with van der Waals surface area (Å²) in [5.74, 6) is 0. The standard InChI is InChI=1S/C10H24NO.ClH/c1-4-5-6-7-8-9-11(2,3)10-12;/h12H,4-10H2,1-3H3;1H/q+1;/p-1. The maximum absolute atomic E-state index is 8.97. The van der Waals surface area contributed by atoms with Crippen LogP contribution < -0.4 is 12.4 Å². The first-order chi connectivity index (χ1) is 5.62. The first-order valence-electron chi connectivity index (χ1n) is 5.05. The molecule has 0 fully saturated rings. The molecule has 13 heavy (non-hydrogen) atoms. The number of rotatable bonds is 7. The van der Waals surface area contributed by atoms with Crippen LogP contribution in [0.1, 0.15) is 39.0 Å². The second kappa shape index (κ2) is 8.79. The van der Waals surface area contributed by atoms with E-state index in [-0.39, 0.29) is 19.1 Å². The maximum Gasteiger partial charge on any atom is 0.179 e. The Hall–Kier alpha value is 0.210. The number of aliphatic hydroxyl groups is 1. The molecule has 0 radical (unpaired) electrons. The Bertz CT molecular complexity index is 107. The second-order valence-electron chi connectivity index (χ2n) is 4.21. The largest absolute Gasteiger partial charge is 1.00 e. The summed E-state index contributed by atoms with van der Waals surface area (Å²) in [4.78, 5) is 0. The first-order valence-corrected chi connectivity index (χ1v) is 5.05. The van der Waals surface area contributed by atoms with Gasteiger partial charge in [0.05, 0.1) is 20.6 Å². The molecule has 0 rings (SSSR count). The molecule has 0 aliphatic rings. The summed E-state index contributed by atoms with van der Waals surface area (Å²) in [7, 11) is 4.14. The first kappa shape index (κ1) is 15.7. The minimum Gasteiger partial charge on any atom is -1.00 e. The van der Waals surface area contributed by atoms with Crippen molar-refractivity contribution in [3.8, 4) is 0 Å². The molecule has 0 unspecified atom stereocenters. The number of unbranched alkanes of at least 4 members (excludes halogenated alkanes) is 4. The zero-order chi connectivity index (χ0) is 9.45. The van der Waals surface area contributed by atoms with Crippen molar-refractivity contribution in [3.05, 3.63) is 0 Å². The Morgan fingerprint density at radius 1 is 1.00 bits per heavy atom. The third-order valence-corrected chi connectivity index (χ3v) is 2.25. The van der Waals surface area contributed by atoms with E-state index >= 15 is 0 Å². The van der Waals surface area contributed by atoms with Crippen LogP contribution in [0.4, 0.5) is 0 Å². The van der Waals surface area contributed by atoms with Crippen molar-refractivity contribution in [2.75, 3.05) is 27.4 Å². The summed E-state index contributed by atoms with van der Waals surface area (Å²) in [6.07, 6.45) is 6.57. The minimum absolute atomic E-state index is 0. The summed E-state index contributed by atoms with van der Waals surface area (Å²) < 4.78 is 0.742. The molecular weight excluding hydrogens is 186 g/mol. The fourth-order valence-electron chi connectivity index (χ4n) is 1.21. The van der Waals surface area contributed by atoms with Crippen molar-refractivity contribution in [2.24, 2.45) is 0 Å². The maximum atomic E-state index is 8.97. The average molecular weight is 210 g/mol. The molecule has 0 aromatic carbocycles. The van der Waals surface area contributed by atoms with Gasteiger partial charge in [0, 0.05) is 0 Å². The van der Waals surface area contributed by atoms with E-state index in [9.17, 15) is 0 Å². The fraction of sp³-hybridized carbons (Fsp3) is 1.00.